The third kappa shape index (κ3) is 3.23. The van der Waals surface area contributed by atoms with E-state index in [1.165, 1.54) is 5.56 Å². The molecule has 0 bridgehead atoms. The first-order chi connectivity index (χ1) is 12.3. The predicted octanol–water partition coefficient (Wildman–Crippen LogP) is 4.72. The van der Waals surface area contributed by atoms with Crippen LogP contribution in [0.4, 0.5) is 0 Å². The minimum absolute atomic E-state index is 0.827. The summed E-state index contributed by atoms with van der Waals surface area (Å²) in [6, 6.07) is 20.3. The number of thioether (sulfide) groups is 1. The van der Waals surface area contributed by atoms with Gasteiger partial charge in [0.05, 0.1) is 18.1 Å². The fourth-order valence-corrected chi connectivity index (χ4v) is 3.68. The van der Waals surface area contributed by atoms with E-state index in [0.29, 0.717) is 0 Å². The van der Waals surface area contributed by atoms with Gasteiger partial charge in [-0.3, -0.25) is 9.55 Å². The van der Waals surface area contributed by atoms with Crippen molar-refractivity contribution in [2.75, 3.05) is 7.11 Å². The first-order valence-corrected chi connectivity index (χ1v) is 8.97. The summed E-state index contributed by atoms with van der Waals surface area (Å²) in [5.41, 5.74) is 4.34. The highest BCUT2D eigenvalue weighted by Crippen LogP contribution is 2.30. The van der Waals surface area contributed by atoms with E-state index in [-0.39, 0.29) is 0 Å². The quantitative estimate of drug-likeness (QED) is 0.490. The Bertz CT molecular complexity index is 981. The summed E-state index contributed by atoms with van der Waals surface area (Å²) in [6.45, 7) is 0. The zero-order valence-electron chi connectivity index (χ0n) is 13.8. The molecule has 2 heterocycles. The van der Waals surface area contributed by atoms with Crippen molar-refractivity contribution in [3.05, 3.63) is 78.6 Å². The van der Waals surface area contributed by atoms with Crippen molar-refractivity contribution in [2.24, 2.45) is 0 Å². The van der Waals surface area contributed by atoms with Gasteiger partial charge in [0.2, 0.25) is 0 Å². The number of methoxy groups -OCH3 is 1. The van der Waals surface area contributed by atoms with Crippen molar-refractivity contribution in [3.8, 4) is 11.4 Å². The van der Waals surface area contributed by atoms with Gasteiger partial charge in [-0.25, -0.2) is 4.98 Å². The van der Waals surface area contributed by atoms with Crippen LogP contribution in [0.3, 0.4) is 0 Å². The van der Waals surface area contributed by atoms with Crippen molar-refractivity contribution < 1.29 is 4.74 Å². The molecule has 5 heteroatoms. The first-order valence-electron chi connectivity index (χ1n) is 7.99. The monoisotopic (exact) mass is 347 g/mol. The Balaban J connectivity index is 1.75. The Morgan fingerprint density at radius 3 is 2.60 bits per heavy atom. The molecular weight excluding hydrogens is 330 g/mol. The van der Waals surface area contributed by atoms with Crippen molar-refractivity contribution in [1.29, 1.82) is 0 Å². The fourth-order valence-electron chi connectivity index (χ4n) is 2.71. The van der Waals surface area contributed by atoms with Gasteiger partial charge in [0.1, 0.15) is 5.75 Å². The second-order valence-electron chi connectivity index (χ2n) is 5.57. The lowest BCUT2D eigenvalue weighted by atomic mass is 10.2. The second-order valence-corrected chi connectivity index (χ2v) is 6.51. The largest absolute Gasteiger partial charge is 0.497 e. The standard InChI is InChI=1S/C20H17N3OS/c1-24-17-10-8-16(9-11-17)23-19-7-3-2-6-18(19)22-20(23)25-14-15-5-4-12-21-13-15/h2-13H,14H2,1H3. The van der Waals surface area contributed by atoms with Crippen LogP contribution < -0.4 is 4.74 Å². The molecule has 0 aliphatic rings. The molecular formula is C20H17N3OS. The summed E-state index contributed by atoms with van der Waals surface area (Å²) >= 11 is 1.71. The van der Waals surface area contributed by atoms with Crippen LogP contribution in [-0.4, -0.2) is 21.6 Å². The third-order valence-corrected chi connectivity index (χ3v) is 4.96. The number of ether oxygens (including phenoxy) is 1. The highest BCUT2D eigenvalue weighted by Gasteiger charge is 2.13. The van der Waals surface area contributed by atoms with Crippen molar-refractivity contribution in [1.82, 2.24) is 14.5 Å². The maximum Gasteiger partial charge on any atom is 0.174 e. The van der Waals surface area contributed by atoms with Crippen LogP contribution in [0.5, 0.6) is 5.75 Å². The Morgan fingerprint density at radius 2 is 1.84 bits per heavy atom. The molecule has 0 saturated carbocycles. The smallest absolute Gasteiger partial charge is 0.174 e. The molecule has 0 saturated heterocycles. The zero-order valence-corrected chi connectivity index (χ0v) is 14.6. The summed E-state index contributed by atoms with van der Waals surface area (Å²) in [4.78, 5) is 9.01. The molecule has 0 N–H and O–H groups in total. The summed E-state index contributed by atoms with van der Waals surface area (Å²) in [7, 11) is 1.68. The molecule has 0 aliphatic heterocycles. The molecule has 0 atom stereocenters. The van der Waals surface area contributed by atoms with E-state index >= 15 is 0 Å². The summed E-state index contributed by atoms with van der Waals surface area (Å²) in [6.07, 6.45) is 3.69. The Hall–Kier alpha value is -2.79. The van der Waals surface area contributed by atoms with E-state index in [2.05, 4.69) is 33.8 Å². The molecule has 124 valence electrons. The van der Waals surface area contributed by atoms with Crippen molar-refractivity contribution in [3.63, 3.8) is 0 Å². The number of rotatable bonds is 5. The topological polar surface area (TPSA) is 39.9 Å². The maximum atomic E-state index is 5.27. The van der Waals surface area contributed by atoms with Gasteiger partial charge in [-0.1, -0.05) is 30.0 Å². The van der Waals surface area contributed by atoms with Crippen LogP contribution in [0.15, 0.2) is 78.2 Å². The van der Waals surface area contributed by atoms with Gasteiger partial charge in [0, 0.05) is 23.8 Å². The van der Waals surface area contributed by atoms with E-state index in [0.717, 1.165) is 33.4 Å². The summed E-state index contributed by atoms with van der Waals surface area (Å²) in [5, 5.41) is 0.968. The van der Waals surface area contributed by atoms with Crippen LogP contribution in [-0.2, 0) is 5.75 Å². The van der Waals surface area contributed by atoms with Gasteiger partial charge in [-0.2, -0.15) is 0 Å². The highest BCUT2D eigenvalue weighted by molar-refractivity contribution is 7.98. The molecule has 0 unspecified atom stereocenters. The third-order valence-electron chi connectivity index (χ3n) is 3.95. The zero-order chi connectivity index (χ0) is 17.1. The molecule has 0 spiro atoms. The molecule has 2 aromatic carbocycles. The Kier molecular flexibility index (Phi) is 4.39. The van der Waals surface area contributed by atoms with Crippen LogP contribution in [0.25, 0.3) is 16.7 Å². The van der Waals surface area contributed by atoms with Gasteiger partial charge < -0.3 is 4.74 Å². The number of hydrogen-bond donors (Lipinski definition) is 0. The molecule has 0 fully saturated rings. The minimum atomic E-state index is 0.827. The number of aromatic nitrogens is 3. The Labute approximate surface area is 150 Å². The van der Waals surface area contributed by atoms with Gasteiger partial charge in [0.15, 0.2) is 5.16 Å². The van der Waals surface area contributed by atoms with E-state index in [4.69, 9.17) is 9.72 Å². The fraction of sp³-hybridized carbons (Fsp3) is 0.100. The van der Waals surface area contributed by atoms with E-state index in [1.54, 1.807) is 25.1 Å². The number of fused-ring (bicyclic) bond motifs is 1. The summed E-state index contributed by atoms with van der Waals surface area (Å²) < 4.78 is 7.46. The van der Waals surface area contributed by atoms with E-state index in [1.807, 2.05) is 42.6 Å². The summed E-state index contributed by atoms with van der Waals surface area (Å²) in [5.74, 6) is 1.67. The average Bonchev–Trinajstić information content (AvgIpc) is 3.05. The normalized spacial score (nSPS) is 10.9. The van der Waals surface area contributed by atoms with Gasteiger partial charge in [0.25, 0.3) is 0 Å². The van der Waals surface area contributed by atoms with E-state index < -0.39 is 0 Å². The van der Waals surface area contributed by atoms with E-state index in [9.17, 15) is 0 Å². The second kappa shape index (κ2) is 6.99. The number of benzene rings is 2. The molecule has 4 rings (SSSR count). The number of hydrogen-bond acceptors (Lipinski definition) is 4. The lowest BCUT2D eigenvalue weighted by Crippen LogP contribution is -1.97. The molecule has 0 aliphatic carbocycles. The van der Waals surface area contributed by atoms with Gasteiger partial charge in [-0.05, 0) is 48.0 Å². The van der Waals surface area contributed by atoms with Crippen LogP contribution in [0, 0.1) is 0 Å². The van der Waals surface area contributed by atoms with Crippen molar-refractivity contribution in [2.45, 2.75) is 10.9 Å². The van der Waals surface area contributed by atoms with Gasteiger partial charge in [-0.15, -0.1) is 0 Å². The lowest BCUT2D eigenvalue weighted by Gasteiger charge is -2.10. The van der Waals surface area contributed by atoms with Crippen molar-refractivity contribution >= 4 is 22.8 Å². The number of para-hydroxylation sites is 2. The minimum Gasteiger partial charge on any atom is -0.497 e. The number of pyridine rings is 1. The molecule has 25 heavy (non-hydrogen) atoms. The highest BCUT2D eigenvalue weighted by atomic mass is 32.2. The first kappa shape index (κ1) is 15.7. The van der Waals surface area contributed by atoms with Crippen LogP contribution in [0.2, 0.25) is 0 Å². The maximum absolute atomic E-state index is 5.27. The average molecular weight is 347 g/mol. The molecule has 4 aromatic rings. The molecule has 0 radical (unpaired) electrons. The molecule has 2 aromatic heterocycles. The number of nitrogens with zero attached hydrogens (tertiary/aromatic N) is 3. The molecule has 4 nitrogen and oxygen atoms in total. The Morgan fingerprint density at radius 1 is 1.00 bits per heavy atom. The van der Waals surface area contributed by atoms with Crippen LogP contribution >= 0.6 is 11.8 Å². The SMILES string of the molecule is COc1ccc(-n2c(SCc3cccnc3)nc3ccccc32)cc1. The number of imidazole rings is 1. The predicted molar refractivity (Wildman–Crippen MR) is 101 cm³/mol. The lowest BCUT2D eigenvalue weighted by molar-refractivity contribution is 0.414. The van der Waals surface area contributed by atoms with Gasteiger partial charge >= 0.3 is 0 Å². The molecule has 0 amide bonds. The van der Waals surface area contributed by atoms with Crippen LogP contribution in [0.1, 0.15) is 5.56 Å².